The largest absolute Gasteiger partial charge is 0.511 e. The lowest BCUT2D eigenvalue weighted by molar-refractivity contribution is 0.144. The molecule has 0 saturated carbocycles. The van der Waals surface area contributed by atoms with Crippen LogP contribution in [0.1, 0.15) is 5.56 Å². The van der Waals surface area contributed by atoms with E-state index in [2.05, 4.69) is 19.8 Å². The molecule has 13 heteroatoms. The van der Waals surface area contributed by atoms with Gasteiger partial charge in [0.15, 0.2) is 15.6 Å². The molecule has 2 aromatic heterocycles. The van der Waals surface area contributed by atoms with Crippen LogP contribution in [-0.2, 0) is 15.6 Å². The molecule has 2 heterocycles. The van der Waals surface area contributed by atoms with Gasteiger partial charge in [-0.3, -0.25) is 0 Å². The van der Waals surface area contributed by atoms with Gasteiger partial charge in [0, 0.05) is 15.6 Å². The molecule has 2 aromatic carbocycles. The Kier molecular flexibility index (Phi) is 5.56. The highest BCUT2D eigenvalue weighted by Gasteiger charge is 2.23. The van der Waals surface area contributed by atoms with Gasteiger partial charge in [-0.1, -0.05) is 40.9 Å². The predicted octanol–water partition coefficient (Wildman–Crippen LogP) is 4.74. The molecule has 31 heavy (non-hydrogen) atoms. The number of nitrogens with zero attached hydrogens (tertiary/aromatic N) is 3. The third kappa shape index (κ3) is 4.33. The van der Waals surface area contributed by atoms with Crippen molar-refractivity contribution in [2.75, 3.05) is 0 Å². The zero-order valence-electron chi connectivity index (χ0n) is 15.2. The van der Waals surface area contributed by atoms with Gasteiger partial charge in [0.25, 0.3) is 0 Å². The highest BCUT2D eigenvalue weighted by Crippen LogP contribution is 2.33. The van der Waals surface area contributed by atoms with Crippen LogP contribution >= 0.6 is 34.8 Å². The lowest BCUT2D eigenvalue weighted by Crippen LogP contribution is -2.07. The van der Waals surface area contributed by atoms with Crippen LogP contribution in [0.2, 0.25) is 15.1 Å². The van der Waals surface area contributed by atoms with Crippen molar-refractivity contribution in [2.45, 2.75) is 10.6 Å². The highest BCUT2D eigenvalue weighted by molar-refractivity contribution is 7.90. The van der Waals surface area contributed by atoms with Crippen molar-refractivity contribution in [2.24, 2.45) is 0 Å². The Morgan fingerprint density at radius 2 is 1.87 bits per heavy atom. The van der Waals surface area contributed by atoms with Crippen molar-refractivity contribution in [3.63, 3.8) is 0 Å². The van der Waals surface area contributed by atoms with Crippen molar-refractivity contribution in [3.05, 3.63) is 63.4 Å². The van der Waals surface area contributed by atoms with Crippen molar-refractivity contribution in [1.82, 2.24) is 19.7 Å². The number of aromatic amines is 1. The van der Waals surface area contributed by atoms with E-state index in [1.165, 1.54) is 29.2 Å². The Hall–Kier alpha value is -2.79. The second-order valence-corrected chi connectivity index (χ2v) is 9.49. The third-order valence-electron chi connectivity index (χ3n) is 4.24. The van der Waals surface area contributed by atoms with Crippen LogP contribution < -0.4 is 4.74 Å². The van der Waals surface area contributed by atoms with Gasteiger partial charge in [0.2, 0.25) is 5.95 Å². The molecule has 0 bridgehead atoms. The topological polar surface area (TPSA) is 127 Å². The maximum Gasteiger partial charge on any atom is 0.511 e. The number of hydrogen-bond donors (Lipinski definition) is 2. The summed E-state index contributed by atoms with van der Waals surface area (Å²) in [7, 11) is -3.91. The molecular formula is C18H11Cl3N4O5S. The van der Waals surface area contributed by atoms with E-state index in [-0.39, 0.29) is 37.2 Å². The zero-order chi connectivity index (χ0) is 22.3. The van der Waals surface area contributed by atoms with Crippen LogP contribution in [0.15, 0.2) is 47.6 Å². The molecule has 0 unspecified atom stereocenters. The molecule has 0 saturated heterocycles. The number of sulfone groups is 1. The first-order valence-corrected chi connectivity index (χ1v) is 11.2. The minimum absolute atomic E-state index is 0.00845. The molecule has 0 aliphatic rings. The number of ether oxygens (including phenoxy) is 1. The molecule has 0 radical (unpaired) electrons. The Morgan fingerprint density at radius 1 is 1.16 bits per heavy atom. The molecule has 2 N–H and O–H groups in total. The van der Waals surface area contributed by atoms with Crippen LogP contribution in [-0.4, -0.2) is 39.4 Å². The van der Waals surface area contributed by atoms with Crippen LogP contribution in [0.4, 0.5) is 4.79 Å². The number of hydrogen-bond acceptors (Lipinski definition) is 6. The molecule has 0 aliphatic carbocycles. The Bertz CT molecular complexity index is 1410. The number of carboxylic acid groups (broad SMARTS) is 1. The van der Waals surface area contributed by atoms with Crippen LogP contribution in [0.3, 0.4) is 0 Å². The van der Waals surface area contributed by atoms with Crippen molar-refractivity contribution in [3.8, 4) is 11.7 Å². The molecule has 4 rings (SSSR count). The quantitative estimate of drug-likeness (QED) is 0.378. The second-order valence-electron chi connectivity index (χ2n) is 6.31. The summed E-state index contributed by atoms with van der Waals surface area (Å²) in [5, 5.41) is 13.1. The summed E-state index contributed by atoms with van der Waals surface area (Å²) >= 11 is 18.5. The van der Waals surface area contributed by atoms with Gasteiger partial charge in [0.1, 0.15) is 0 Å². The maximum atomic E-state index is 13.0. The average Bonchev–Trinajstić information content (AvgIpc) is 3.30. The van der Waals surface area contributed by atoms with E-state index in [4.69, 9.17) is 39.9 Å². The van der Waals surface area contributed by atoms with Gasteiger partial charge < -0.3 is 14.8 Å². The van der Waals surface area contributed by atoms with Gasteiger partial charge >= 0.3 is 6.16 Å². The SMILES string of the molecule is O=C(O)Oc1cnn(-c2nc3cc(S(=O)(=O)Cc4c(Cl)cccc4Cl)c(Cl)cc3[nH]2)c1. The number of fused-ring (bicyclic) bond motifs is 1. The first-order valence-electron chi connectivity index (χ1n) is 8.45. The normalized spacial score (nSPS) is 11.7. The summed E-state index contributed by atoms with van der Waals surface area (Å²) in [6.07, 6.45) is 1.01. The minimum Gasteiger partial charge on any atom is -0.449 e. The summed E-state index contributed by atoms with van der Waals surface area (Å²) in [6, 6.07) is 7.47. The zero-order valence-corrected chi connectivity index (χ0v) is 18.3. The van der Waals surface area contributed by atoms with E-state index in [0.717, 1.165) is 0 Å². The Morgan fingerprint density at radius 3 is 2.55 bits per heavy atom. The molecule has 0 amide bonds. The number of benzene rings is 2. The molecule has 0 aliphatic heterocycles. The first kappa shape index (κ1) is 21.4. The number of nitrogens with one attached hydrogen (secondary N) is 1. The summed E-state index contributed by atoms with van der Waals surface area (Å²) in [5.41, 5.74) is 1.03. The smallest absolute Gasteiger partial charge is 0.449 e. The molecule has 9 nitrogen and oxygen atoms in total. The molecule has 0 fully saturated rings. The lowest BCUT2D eigenvalue weighted by Gasteiger charge is -2.09. The molecular weight excluding hydrogens is 491 g/mol. The summed E-state index contributed by atoms with van der Waals surface area (Å²) < 4.78 is 31.8. The van der Waals surface area contributed by atoms with Crippen LogP contribution in [0, 0.1) is 0 Å². The van der Waals surface area contributed by atoms with E-state index in [1.807, 2.05) is 0 Å². The predicted molar refractivity (Wildman–Crippen MR) is 114 cm³/mol. The summed E-state index contributed by atoms with van der Waals surface area (Å²) in [6.45, 7) is 0. The van der Waals surface area contributed by atoms with Gasteiger partial charge in [0.05, 0.1) is 39.1 Å². The number of H-pyrrole nitrogens is 1. The number of halogens is 3. The van der Waals surface area contributed by atoms with E-state index in [1.54, 1.807) is 18.2 Å². The minimum atomic E-state index is -3.91. The third-order valence-corrected chi connectivity index (χ3v) is 7.04. The van der Waals surface area contributed by atoms with Gasteiger partial charge in [-0.2, -0.15) is 5.10 Å². The number of rotatable bonds is 5. The average molecular weight is 502 g/mol. The fourth-order valence-electron chi connectivity index (χ4n) is 2.86. The molecule has 0 atom stereocenters. The van der Waals surface area contributed by atoms with Crippen molar-refractivity contribution in [1.29, 1.82) is 0 Å². The van der Waals surface area contributed by atoms with E-state index in [9.17, 15) is 13.2 Å². The Labute approximate surface area is 190 Å². The van der Waals surface area contributed by atoms with Crippen LogP contribution in [0.25, 0.3) is 17.0 Å². The van der Waals surface area contributed by atoms with Gasteiger partial charge in [-0.25, -0.2) is 22.9 Å². The van der Waals surface area contributed by atoms with E-state index < -0.39 is 21.7 Å². The Balaban J connectivity index is 1.72. The first-order chi connectivity index (χ1) is 14.6. The standard InChI is InChI=1S/C18H11Cl3N4O5S/c19-11-2-1-3-12(20)10(11)8-31(28,29)16-5-15-14(4-13(16)21)23-17(24-15)25-7-9(6-22-25)30-18(26)27/h1-7H,8H2,(H,23,24)(H,26,27). The van der Waals surface area contributed by atoms with Crippen molar-refractivity contribution < 1.29 is 23.1 Å². The molecule has 4 aromatic rings. The fraction of sp³-hybridized carbons (Fsp3) is 0.0556. The monoisotopic (exact) mass is 500 g/mol. The molecule has 160 valence electrons. The molecule has 0 spiro atoms. The highest BCUT2D eigenvalue weighted by atomic mass is 35.5. The number of aromatic nitrogens is 4. The van der Waals surface area contributed by atoms with Gasteiger partial charge in [-0.15, -0.1) is 0 Å². The summed E-state index contributed by atoms with van der Waals surface area (Å²) in [4.78, 5) is 17.7. The van der Waals surface area contributed by atoms with E-state index >= 15 is 0 Å². The lowest BCUT2D eigenvalue weighted by atomic mass is 10.2. The van der Waals surface area contributed by atoms with Gasteiger partial charge in [-0.05, 0) is 24.3 Å². The summed E-state index contributed by atoms with van der Waals surface area (Å²) in [5.74, 6) is -0.246. The van der Waals surface area contributed by atoms with E-state index in [0.29, 0.717) is 11.0 Å². The number of carbonyl (C=O) groups is 1. The number of imidazole rings is 1. The second kappa shape index (κ2) is 8.04. The van der Waals surface area contributed by atoms with Crippen molar-refractivity contribution >= 4 is 61.8 Å². The van der Waals surface area contributed by atoms with Crippen LogP contribution in [0.5, 0.6) is 5.75 Å². The fourth-order valence-corrected chi connectivity index (χ4v) is 5.56. The maximum absolute atomic E-state index is 13.0.